The maximum atomic E-state index is 12.2. The molecule has 0 aromatic rings. The number of urea groups is 1. The molecule has 7 heteroatoms. The van der Waals surface area contributed by atoms with Crippen molar-refractivity contribution in [3.05, 3.63) is 0 Å². The van der Waals surface area contributed by atoms with Crippen molar-refractivity contribution in [2.24, 2.45) is 0 Å². The third-order valence-electron chi connectivity index (χ3n) is 3.54. The Kier molecular flexibility index (Phi) is 7.76. The second-order valence-electron chi connectivity index (χ2n) is 4.98. The molecule has 1 saturated carbocycles. The van der Waals surface area contributed by atoms with Gasteiger partial charge in [0.1, 0.15) is 6.04 Å². The summed E-state index contributed by atoms with van der Waals surface area (Å²) in [4.78, 5) is 25.0. The maximum Gasteiger partial charge on any atom is 0.326 e. The first-order valence-electron chi connectivity index (χ1n) is 7.00. The number of hydrogen-bond donors (Lipinski definition) is 3. The molecule has 0 unspecified atom stereocenters. The van der Waals surface area contributed by atoms with Gasteiger partial charge in [-0.2, -0.15) is 11.8 Å². The van der Waals surface area contributed by atoms with Gasteiger partial charge >= 0.3 is 12.0 Å². The zero-order chi connectivity index (χ0) is 15.0. The van der Waals surface area contributed by atoms with Crippen LogP contribution in [0.1, 0.15) is 32.1 Å². The number of carbonyl (C=O) groups excluding carboxylic acids is 1. The lowest BCUT2D eigenvalue weighted by Gasteiger charge is -2.38. The van der Waals surface area contributed by atoms with Crippen LogP contribution < -0.4 is 5.32 Å². The van der Waals surface area contributed by atoms with E-state index in [2.05, 4.69) is 5.32 Å². The van der Waals surface area contributed by atoms with Crippen LogP contribution in [-0.4, -0.2) is 64.4 Å². The summed E-state index contributed by atoms with van der Waals surface area (Å²) in [5, 5.41) is 20.6. The quantitative estimate of drug-likeness (QED) is 0.594. The van der Waals surface area contributed by atoms with Crippen LogP contribution in [0.4, 0.5) is 4.79 Å². The number of thioether (sulfide) groups is 1. The van der Waals surface area contributed by atoms with Gasteiger partial charge in [-0.15, -0.1) is 0 Å². The molecule has 116 valence electrons. The van der Waals surface area contributed by atoms with E-state index in [0.29, 0.717) is 25.1 Å². The highest BCUT2D eigenvalue weighted by molar-refractivity contribution is 7.98. The largest absolute Gasteiger partial charge is 0.480 e. The monoisotopic (exact) mass is 304 g/mol. The molecule has 20 heavy (non-hydrogen) atoms. The number of aliphatic carboxylic acids is 1. The Morgan fingerprint density at radius 1 is 1.45 bits per heavy atom. The van der Waals surface area contributed by atoms with Crippen LogP contribution in [-0.2, 0) is 4.79 Å². The van der Waals surface area contributed by atoms with Gasteiger partial charge in [0.05, 0.1) is 0 Å². The summed E-state index contributed by atoms with van der Waals surface area (Å²) in [6.45, 7) is 0.507. The van der Waals surface area contributed by atoms with E-state index < -0.39 is 12.0 Å². The van der Waals surface area contributed by atoms with Crippen molar-refractivity contribution in [3.63, 3.8) is 0 Å². The van der Waals surface area contributed by atoms with Gasteiger partial charge in [0.25, 0.3) is 0 Å². The van der Waals surface area contributed by atoms with Gasteiger partial charge in [-0.05, 0) is 44.1 Å². The van der Waals surface area contributed by atoms with Crippen molar-refractivity contribution in [1.82, 2.24) is 10.2 Å². The standard InChI is InChI=1S/C13H24N2O4S/c1-20-9-6-11(12(17)18)14-13(19)15(7-3-8-16)10-4-2-5-10/h10-11,16H,2-9H2,1H3,(H,14,19)(H,17,18)/t11-/m1/s1. The van der Waals surface area contributed by atoms with Crippen molar-refractivity contribution >= 4 is 23.8 Å². The third-order valence-corrected chi connectivity index (χ3v) is 4.18. The molecule has 1 aliphatic carbocycles. The molecule has 0 radical (unpaired) electrons. The highest BCUT2D eigenvalue weighted by atomic mass is 32.2. The predicted molar refractivity (Wildman–Crippen MR) is 79.0 cm³/mol. The molecule has 0 spiro atoms. The molecule has 0 aromatic heterocycles. The number of aliphatic hydroxyl groups excluding tert-OH is 1. The third kappa shape index (κ3) is 5.20. The fourth-order valence-corrected chi connectivity index (χ4v) is 2.59. The van der Waals surface area contributed by atoms with E-state index >= 15 is 0 Å². The zero-order valence-electron chi connectivity index (χ0n) is 11.9. The zero-order valence-corrected chi connectivity index (χ0v) is 12.7. The average molecular weight is 304 g/mol. The summed E-state index contributed by atoms with van der Waals surface area (Å²) < 4.78 is 0. The van der Waals surface area contributed by atoms with Gasteiger partial charge in [-0.25, -0.2) is 9.59 Å². The molecular formula is C13H24N2O4S. The first-order chi connectivity index (χ1) is 9.60. The van der Waals surface area contributed by atoms with Gasteiger partial charge in [-0.3, -0.25) is 0 Å². The Bertz CT molecular complexity index is 323. The highest BCUT2D eigenvalue weighted by Gasteiger charge is 2.30. The molecule has 0 saturated heterocycles. The molecule has 2 amide bonds. The number of carboxylic acids is 1. The van der Waals surface area contributed by atoms with Gasteiger partial charge in [0.2, 0.25) is 0 Å². The van der Waals surface area contributed by atoms with Crippen LogP contribution >= 0.6 is 11.8 Å². The van der Waals surface area contributed by atoms with Crippen LogP contribution in [0, 0.1) is 0 Å². The smallest absolute Gasteiger partial charge is 0.326 e. The van der Waals surface area contributed by atoms with E-state index in [9.17, 15) is 9.59 Å². The molecule has 0 bridgehead atoms. The molecule has 1 rings (SSSR count). The van der Waals surface area contributed by atoms with E-state index in [-0.39, 0.29) is 18.7 Å². The lowest BCUT2D eigenvalue weighted by atomic mass is 9.91. The number of carboxylic acid groups (broad SMARTS) is 1. The van der Waals surface area contributed by atoms with Gasteiger partial charge in [0.15, 0.2) is 0 Å². The number of nitrogens with zero attached hydrogens (tertiary/aromatic N) is 1. The number of carbonyl (C=O) groups is 2. The van der Waals surface area contributed by atoms with E-state index in [0.717, 1.165) is 19.3 Å². The Balaban J connectivity index is 2.55. The molecule has 1 aliphatic rings. The number of aliphatic hydroxyl groups is 1. The van der Waals surface area contributed by atoms with Crippen LogP contribution in [0.5, 0.6) is 0 Å². The second-order valence-corrected chi connectivity index (χ2v) is 5.96. The van der Waals surface area contributed by atoms with Gasteiger partial charge in [-0.1, -0.05) is 0 Å². The fourth-order valence-electron chi connectivity index (χ4n) is 2.11. The average Bonchev–Trinajstić information content (AvgIpc) is 2.36. The van der Waals surface area contributed by atoms with Crippen molar-refractivity contribution in [2.45, 2.75) is 44.2 Å². The summed E-state index contributed by atoms with van der Waals surface area (Å²) in [5.41, 5.74) is 0. The van der Waals surface area contributed by atoms with Crippen LogP contribution in [0.15, 0.2) is 0 Å². The second kappa shape index (κ2) is 9.07. The van der Waals surface area contributed by atoms with Gasteiger partial charge in [0, 0.05) is 19.2 Å². The Labute approximate surface area is 123 Å². The maximum absolute atomic E-state index is 12.2. The fraction of sp³-hybridized carbons (Fsp3) is 0.846. The molecular weight excluding hydrogens is 280 g/mol. The topological polar surface area (TPSA) is 89.9 Å². The van der Waals surface area contributed by atoms with Crippen LogP contribution in [0.25, 0.3) is 0 Å². The number of hydrogen-bond acceptors (Lipinski definition) is 4. The van der Waals surface area contributed by atoms with Gasteiger partial charge < -0.3 is 20.4 Å². The minimum absolute atomic E-state index is 0.0331. The number of rotatable bonds is 9. The van der Waals surface area contributed by atoms with Crippen molar-refractivity contribution in [2.75, 3.05) is 25.2 Å². The summed E-state index contributed by atoms with van der Waals surface area (Å²) >= 11 is 1.56. The number of nitrogens with one attached hydrogen (secondary N) is 1. The number of amides is 2. The summed E-state index contributed by atoms with van der Waals surface area (Å²) in [6, 6.07) is -0.972. The molecule has 0 heterocycles. The first-order valence-corrected chi connectivity index (χ1v) is 8.39. The van der Waals surface area contributed by atoms with Crippen LogP contribution in [0.2, 0.25) is 0 Å². The van der Waals surface area contributed by atoms with E-state index in [1.807, 2.05) is 6.26 Å². The normalized spacial score (nSPS) is 16.3. The Morgan fingerprint density at radius 3 is 2.60 bits per heavy atom. The van der Waals surface area contributed by atoms with E-state index in [1.54, 1.807) is 16.7 Å². The minimum Gasteiger partial charge on any atom is -0.480 e. The summed E-state index contributed by atoms with van der Waals surface area (Å²) in [6.07, 6.45) is 5.86. The van der Waals surface area contributed by atoms with E-state index in [1.165, 1.54) is 0 Å². The molecule has 0 aliphatic heterocycles. The van der Waals surface area contributed by atoms with Crippen LogP contribution in [0.3, 0.4) is 0 Å². The Morgan fingerprint density at radius 2 is 2.15 bits per heavy atom. The molecule has 1 fully saturated rings. The molecule has 1 atom stereocenters. The van der Waals surface area contributed by atoms with Crippen molar-refractivity contribution in [1.29, 1.82) is 0 Å². The van der Waals surface area contributed by atoms with Crippen molar-refractivity contribution in [3.8, 4) is 0 Å². The Hall–Kier alpha value is -0.950. The lowest BCUT2D eigenvalue weighted by Crippen LogP contribution is -2.53. The molecule has 3 N–H and O–H groups in total. The summed E-state index contributed by atoms with van der Waals surface area (Å²) in [7, 11) is 0. The first kappa shape index (κ1) is 17.1. The van der Waals surface area contributed by atoms with E-state index in [4.69, 9.17) is 10.2 Å². The highest BCUT2D eigenvalue weighted by Crippen LogP contribution is 2.25. The lowest BCUT2D eigenvalue weighted by molar-refractivity contribution is -0.139. The summed E-state index contributed by atoms with van der Waals surface area (Å²) in [5.74, 6) is -0.305. The SMILES string of the molecule is CSCC[C@@H](NC(=O)N(CCCO)C1CCC1)C(=O)O. The molecule has 0 aromatic carbocycles. The predicted octanol–water partition coefficient (Wildman–Crippen LogP) is 1.14. The molecule has 6 nitrogen and oxygen atoms in total. The van der Waals surface area contributed by atoms with Crippen molar-refractivity contribution < 1.29 is 19.8 Å². The minimum atomic E-state index is -0.997.